The summed E-state index contributed by atoms with van der Waals surface area (Å²) >= 11 is 0. The molecule has 0 spiro atoms. The van der Waals surface area contributed by atoms with Crippen LogP contribution in [0.2, 0.25) is 0 Å². The molecule has 0 aliphatic rings. The van der Waals surface area contributed by atoms with Crippen molar-refractivity contribution in [2.45, 2.75) is 37.9 Å². The number of ether oxygens (including phenoxy) is 2. The Morgan fingerprint density at radius 2 is 1.25 bits per heavy atom. The van der Waals surface area contributed by atoms with Crippen molar-refractivity contribution in [3.63, 3.8) is 0 Å². The van der Waals surface area contributed by atoms with Crippen molar-refractivity contribution < 1.29 is 71.7 Å². The minimum absolute atomic E-state index is 0.149. The van der Waals surface area contributed by atoms with Crippen LogP contribution < -0.4 is 10.1 Å². The molecule has 5 nitrogen and oxygen atoms in total. The van der Waals surface area contributed by atoms with Crippen molar-refractivity contribution in [2.75, 3.05) is 7.11 Å². The number of hydrogen-bond donors (Lipinski definition) is 1. The van der Waals surface area contributed by atoms with E-state index in [0.717, 1.165) is 25.3 Å². The van der Waals surface area contributed by atoms with E-state index in [9.17, 15) is 62.3 Å². The summed E-state index contributed by atoms with van der Waals surface area (Å²) in [4.78, 5) is 24.0. The first-order chi connectivity index (χ1) is 20.1. The molecular weight excluding hydrogens is 630 g/mol. The fourth-order valence-electron chi connectivity index (χ4n) is 3.87. The molecule has 3 aromatic rings. The Balaban J connectivity index is 1.92. The highest BCUT2D eigenvalue weighted by molar-refractivity contribution is 6.01. The molecule has 0 saturated heterocycles. The van der Waals surface area contributed by atoms with Crippen molar-refractivity contribution in [2.24, 2.45) is 0 Å². The number of benzene rings is 3. The molecule has 0 aromatic heterocycles. The van der Waals surface area contributed by atoms with Gasteiger partial charge in [0.15, 0.2) is 0 Å². The van der Waals surface area contributed by atoms with E-state index in [0.29, 0.717) is 30.3 Å². The fraction of sp³-hybridized carbons (Fsp3) is 0.259. The predicted molar refractivity (Wildman–Crippen MR) is 127 cm³/mol. The van der Waals surface area contributed by atoms with E-state index in [-0.39, 0.29) is 28.5 Å². The van der Waals surface area contributed by atoms with Gasteiger partial charge in [0.1, 0.15) is 12.4 Å². The number of halogens is 12. The average Bonchev–Trinajstić information content (AvgIpc) is 2.92. The van der Waals surface area contributed by atoms with Gasteiger partial charge in [-0.3, -0.25) is 4.79 Å². The maximum absolute atomic E-state index is 13.4. The summed E-state index contributed by atoms with van der Waals surface area (Å²) in [6.07, 6.45) is -22.1. The fourth-order valence-corrected chi connectivity index (χ4v) is 3.87. The molecule has 238 valence electrons. The predicted octanol–water partition coefficient (Wildman–Crippen LogP) is 8.59. The van der Waals surface area contributed by atoms with Crippen LogP contribution >= 0.6 is 0 Å². The second-order valence-electron chi connectivity index (χ2n) is 8.96. The van der Waals surface area contributed by atoms with Crippen LogP contribution in [0.4, 0.5) is 57.5 Å². The number of amides is 1. The van der Waals surface area contributed by atoms with Gasteiger partial charge in [-0.1, -0.05) is 6.07 Å². The number of carbonyl (C=O) groups excluding carboxylic acids is 2. The van der Waals surface area contributed by atoms with Crippen molar-refractivity contribution in [3.8, 4) is 16.9 Å². The van der Waals surface area contributed by atoms with Gasteiger partial charge in [0.2, 0.25) is 0 Å². The van der Waals surface area contributed by atoms with Crippen LogP contribution in [0.25, 0.3) is 11.1 Å². The lowest BCUT2D eigenvalue weighted by molar-refractivity contribution is -0.143. The summed E-state index contributed by atoms with van der Waals surface area (Å²) in [6, 6.07) is 4.83. The molecule has 3 aromatic carbocycles. The molecule has 3 rings (SSSR count). The van der Waals surface area contributed by atoms with Gasteiger partial charge in [-0.2, -0.15) is 52.7 Å². The van der Waals surface area contributed by atoms with E-state index < -0.39 is 77.6 Å². The lowest BCUT2D eigenvalue weighted by atomic mass is 9.94. The van der Waals surface area contributed by atoms with E-state index in [1.165, 1.54) is 0 Å². The Kier molecular flexibility index (Phi) is 9.50. The normalized spacial score (nSPS) is 12.6. The Morgan fingerprint density at radius 3 is 1.75 bits per heavy atom. The zero-order valence-corrected chi connectivity index (χ0v) is 21.8. The number of rotatable bonds is 7. The lowest BCUT2D eigenvalue weighted by Gasteiger charge is -2.18. The number of hydrogen-bond acceptors (Lipinski definition) is 4. The number of alkyl halides is 12. The molecule has 0 atom stereocenters. The Hall–Kier alpha value is -4.44. The Bertz CT molecular complexity index is 1510. The number of nitrogens with one attached hydrogen (secondary N) is 1. The van der Waals surface area contributed by atoms with Crippen LogP contribution in [0.5, 0.6) is 5.75 Å². The second-order valence-corrected chi connectivity index (χ2v) is 8.96. The lowest BCUT2D eigenvalue weighted by Crippen LogP contribution is -2.24. The van der Waals surface area contributed by atoms with Crippen LogP contribution in [0, 0.1) is 0 Å². The summed E-state index contributed by atoms with van der Waals surface area (Å²) in [5.74, 6) is -2.43. The first kappa shape index (κ1) is 34.1. The van der Waals surface area contributed by atoms with Crippen LogP contribution in [0.15, 0.2) is 54.6 Å². The van der Waals surface area contributed by atoms with E-state index >= 15 is 0 Å². The minimum Gasteiger partial charge on any atom is -0.496 e. The van der Waals surface area contributed by atoms with Gasteiger partial charge < -0.3 is 14.8 Å². The van der Waals surface area contributed by atoms with E-state index in [4.69, 9.17) is 4.74 Å². The maximum Gasteiger partial charge on any atom is 0.454 e. The molecule has 0 unspecified atom stereocenters. The van der Waals surface area contributed by atoms with Gasteiger partial charge >= 0.3 is 30.8 Å². The van der Waals surface area contributed by atoms with Gasteiger partial charge in [-0.15, -0.1) is 0 Å². The largest absolute Gasteiger partial charge is 0.496 e. The third kappa shape index (κ3) is 8.35. The summed E-state index contributed by atoms with van der Waals surface area (Å²) in [5, 5.41) is 1.99. The second kappa shape index (κ2) is 12.3. The van der Waals surface area contributed by atoms with Gasteiger partial charge in [0.25, 0.3) is 5.78 Å². The molecule has 0 aliphatic carbocycles. The van der Waals surface area contributed by atoms with Crippen molar-refractivity contribution in [3.05, 3.63) is 88.0 Å². The van der Waals surface area contributed by atoms with Crippen molar-refractivity contribution >= 4 is 11.9 Å². The van der Waals surface area contributed by atoms with Gasteiger partial charge in [0.05, 0.1) is 23.8 Å². The number of methoxy groups -OCH3 is 1. The van der Waals surface area contributed by atoms with Crippen molar-refractivity contribution in [1.82, 2.24) is 5.32 Å². The van der Waals surface area contributed by atoms with Crippen LogP contribution in [-0.2, 0) is 36.4 Å². The number of carbonyl (C=O) groups is 2. The molecule has 0 aliphatic heterocycles. The molecule has 0 radical (unpaired) electrons. The topological polar surface area (TPSA) is 64.6 Å². The maximum atomic E-state index is 13.4. The monoisotopic (exact) mass is 647 g/mol. The summed E-state index contributed by atoms with van der Waals surface area (Å²) in [6.45, 7) is -1.93. The van der Waals surface area contributed by atoms with Crippen molar-refractivity contribution in [1.29, 1.82) is 0 Å². The molecule has 1 N–H and O–H groups in total. The van der Waals surface area contributed by atoms with Gasteiger partial charge in [0, 0.05) is 17.7 Å². The smallest absolute Gasteiger partial charge is 0.454 e. The number of Topliss-reactive ketones (excluding diaryl/α,β-unsaturated/α-hetero) is 1. The van der Waals surface area contributed by atoms with Gasteiger partial charge in [-0.05, 0) is 65.2 Å². The zero-order chi connectivity index (χ0) is 33.3. The third-order valence-electron chi connectivity index (χ3n) is 5.88. The highest BCUT2D eigenvalue weighted by atomic mass is 19.4. The van der Waals surface area contributed by atoms with E-state index in [1.54, 1.807) is 0 Å². The number of alkyl carbamates (subject to hydrolysis) is 1. The Labute approximate surface area is 239 Å². The van der Waals surface area contributed by atoms with Crippen LogP contribution in [-0.4, -0.2) is 25.2 Å². The summed E-state index contributed by atoms with van der Waals surface area (Å²) in [7, 11) is 1.08. The first-order valence-electron chi connectivity index (χ1n) is 11.8. The average molecular weight is 647 g/mol. The van der Waals surface area contributed by atoms with E-state index in [2.05, 4.69) is 4.74 Å². The van der Waals surface area contributed by atoms with Gasteiger partial charge in [-0.25, -0.2) is 4.79 Å². The molecule has 1 amide bonds. The molecular formula is C27H17F12NO4. The third-order valence-corrected chi connectivity index (χ3v) is 5.88. The first-order valence-corrected chi connectivity index (χ1v) is 11.8. The zero-order valence-electron chi connectivity index (χ0n) is 21.8. The Morgan fingerprint density at radius 1 is 0.682 bits per heavy atom. The molecule has 0 heterocycles. The molecule has 0 bridgehead atoms. The standard InChI is InChI=1S/C27H17F12NO4/c1-43-21-5-2-14(22(41)27(37,38)39)9-20(21)19-4-3-16(24(28,29)30)8-15(19)11-40-23(42)44-12-13-6-17(25(31,32)33)10-18(7-13)26(34,35)36/h2-10H,11-12H2,1H3,(H,40,42). The quantitative estimate of drug-likeness (QED) is 0.206. The van der Waals surface area contributed by atoms with Crippen LogP contribution in [0.1, 0.15) is 38.2 Å². The molecule has 44 heavy (non-hydrogen) atoms. The number of ketones is 1. The summed E-state index contributed by atoms with van der Waals surface area (Å²) in [5.41, 5.74) is -7.09. The van der Waals surface area contributed by atoms with Crippen LogP contribution in [0.3, 0.4) is 0 Å². The van der Waals surface area contributed by atoms with E-state index in [1.807, 2.05) is 5.32 Å². The highest BCUT2D eigenvalue weighted by Gasteiger charge is 2.40. The molecule has 0 fully saturated rings. The molecule has 0 saturated carbocycles. The SMILES string of the molecule is COc1ccc(C(=O)C(F)(F)F)cc1-c1ccc(C(F)(F)F)cc1CNC(=O)OCc1cc(C(F)(F)F)cc(C(F)(F)F)c1. The molecule has 17 heteroatoms. The summed E-state index contributed by atoms with van der Waals surface area (Å²) < 4.78 is 167. The minimum atomic E-state index is -5.29. The highest BCUT2D eigenvalue weighted by Crippen LogP contribution is 2.39.